The van der Waals surface area contributed by atoms with Crippen LogP contribution in [0.3, 0.4) is 0 Å². The zero-order valence-electron chi connectivity index (χ0n) is 12.9. The van der Waals surface area contributed by atoms with E-state index in [1.807, 2.05) is 39.1 Å². The topological polar surface area (TPSA) is 40.5 Å². The summed E-state index contributed by atoms with van der Waals surface area (Å²) in [6.45, 7) is 6.94. The van der Waals surface area contributed by atoms with E-state index in [1.54, 1.807) is 0 Å². The van der Waals surface area contributed by atoms with Gasteiger partial charge in [0.1, 0.15) is 0 Å². The Hall–Kier alpha value is -1.19. The van der Waals surface area contributed by atoms with Crippen molar-refractivity contribution in [3.05, 3.63) is 34.9 Å². The first-order valence-electron chi connectivity index (χ1n) is 7.38. The molecule has 1 N–H and O–H groups in total. The molecule has 1 saturated carbocycles. The Labute approximate surface area is 121 Å². The van der Waals surface area contributed by atoms with Gasteiger partial charge in [-0.3, -0.25) is 9.69 Å². The average Bonchev–Trinajstić information content (AvgIpc) is 2.38. The molecule has 0 aliphatic heterocycles. The molecule has 0 amide bonds. The number of benzene rings is 1. The smallest absolute Gasteiger partial charge is 0.179 e. The minimum absolute atomic E-state index is 0.116. The largest absolute Gasteiger partial charge is 0.393 e. The van der Waals surface area contributed by atoms with Gasteiger partial charge in [0.2, 0.25) is 0 Å². The molecular formula is C17H25NO2. The highest BCUT2D eigenvalue weighted by atomic mass is 16.3. The van der Waals surface area contributed by atoms with Gasteiger partial charge >= 0.3 is 0 Å². The van der Waals surface area contributed by atoms with Crippen molar-refractivity contribution in [2.75, 3.05) is 13.6 Å². The second-order valence-corrected chi connectivity index (χ2v) is 6.27. The van der Waals surface area contributed by atoms with Gasteiger partial charge in [0, 0.05) is 12.1 Å². The van der Waals surface area contributed by atoms with Crippen LogP contribution in [0, 0.1) is 19.8 Å². The minimum atomic E-state index is -0.126. The van der Waals surface area contributed by atoms with E-state index in [9.17, 15) is 9.90 Å². The van der Waals surface area contributed by atoms with Crippen LogP contribution in [0.5, 0.6) is 0 Å². The maximum Gasteiger partial charge on any atom is 0.179 e. The van der Waals surface area contributed by atoms with E-state index in [-0.39, 0.29) is 17.9 Å². The number of Topliss-reactive ketones (excluding diaryl/α,β-unsaturated/α-hetero) is 1. The summed E-state index contributed by atoms with van der Waals surface area (Å²) in [6, 6.07) is 5.80. The van der Waals surface area contributed by atoms with Crippen LogP contribution in [0.4, 0.5) is 0 Å². The molecular weight excluding hydrogens is 250 g/mol. The minimum Gasteiger partial charge on any atom is -0.393 e. The van der Waals surface area contributed by atoms with Gasteiger partial charge in [0.15, 0.2) is 5.78 Å². The highest BCUT2D eigenvalue weighted by Crippen LogP contribution is 2.28. The van der Waals surface area contributed by atoms with Gasteiger partial charge in [-0.2, -0.15) is 0 Å². The van der Waals surface area contributed by atoms with Gasteiger partial charge < -0.3 is 5.11 Å². The monoisotopic (exact) mass is 275 g/mol. The highest BCUT2D eigenvalue weighted by molar-refractivity contribution is 6.00. The fraction of sp³-hybridized carbons (Fsp3) is 0.588. The molecule has 1 unspecified atom stereocenters. The number of ketones is 1. The van der Waals surface area contributed by atoms with Crippen molar-refractivity contribution in [1.82, 2.24) is 4.90 Å². The summed E-state index contributed by atoms with van der Waals surface area (Å²) in [5, 5.41) is 9.33. The molecule has 1 aromatic carbocycles. The zero-order chi connectivity index (χ0) is 14.9. The Kier molecular flexibility index (Phi) is 4.61. The second kappa shape index (κ2) is 6.06. The van der Waals surface area contributed by atoms with Crippen molar-refractivity contribution in [3.8, 4) is 0 Å². The number of rotatable bonds is 5. The maximum absolute atomic E-state index is 12.5. The van der Waals surface area contributed by atoms with Crippen molar-refractivity contribution < 1.29 is 9.90 Å². The molecule has 1 atom stereocenters. The van der Waals surface area contributed by atoms with Crippen LogP contribution in [0.15, 0.2) is 18.2 Å². The van der Waals surface area contributed by atoms with Crippen LogP contribution < -0.4 is 0 Å². The molecule has 1 fully saturated rings. The van der Waals surface area contributed by atoms with Gasteiger partial charge in [-0.25, -0.2) is 0 Å². The van der Waals surface area contributed by atoms with Crippen LogP contribution in [-0.4, -0.2) is 41.5 Å². The predicted octanol–water partition coefficient (Wildman–Crippen LogP) is 2.58. The quantitative estimate of drug-likeness (QED) is 0.840. The van der Waals surface area contributed by atoms with Gasteiger partial charge in [-0.1, -0.05) is 12.1 Å². The van der Waals surface area contributed by atoms with Gasteiger partial charge in [0.25, 0.3) is 0 Å². The van der Waals surface area contributed by atoms with Crippen molar-refractivity contribution in [3.63, 3.8) is 0 Å². The number of likely N-dealkylation sites (N-methyl/N-ethyl adjacent to an activating group) is 1. The van der Waals surface area contributed by atoms with E-state index in [0.717, 1.165) is 30.5 Å². The molecule has 1 aliphatic carbocycles. The van der Waals surface area contributed by atoms with Gasteiger partial charge in [-0.05, 0) is 63.8 Å². The SMILES string of the molecule is Cc1ccc(C(=O)C(C)N(C)CC2CC(O)C2)cc1C. The van der Waals surface area contributed by atoms with Crippen molar-refractivity contribution >= 4 is 5.78 Å². The third-order valence-electron chi connectivity index (χ3n) is 4.59. The number of carbonyl (C=O) groups is 1. The lowest BCUT2D eigenvalue weighted by Gasteiger charge is -2.36. The standard InChI is InChI=1S/C17H25NO2/c1-11-5-6-15(7-12(11)2)17(20)13(3)18(4)10-14-8-16(19)9-14/h5-7,13-14,16,19H,8-10H2,1-4H3. The number of aryl methyl sites for hydroxylation is 2. The lowest BCUT2D eigenvalue weighted by atomic mass is 9.82. The summed E-state index contributed by atoms with van der Waals surface area (Å²) in [5.41, 5.74) is 3.17. The van der Waals surface area contributed by atoms with E-state index in [1.165, 1.54) is 5.56 Å². The summed E-state index contributed by atoms with van der Waals surface area (Å²) >= 11 is 0. The normalized spacial score (nSPS) is 23.5. The summed E-state index contributed by atoms with van der Waals surface area (Å²) in [5.74, 6) is 0.709. The predicted molar refractivity (Wildman–Crippen MR) is 81.1 cm³/mol. The van der Waals surface area contributed by atoms with Crippen molar-refractivity contribution in [1.29, 1.82) is 0 Å². The molecule has 0 spiro atoms. The third kappa shape index (κ3) is 3.28. The Morgan fingerprint density at radius 3 is 2.55 bits per heavy atom. The molecule has 1 aromatic rings. The average molecular weight is 275 g/mol. The molecule has 0 aromatic heterocycles. The lowest BCUT2D eigenvalue weighted by molar-refractivity contribution is 0.0234. The van der Waals surface area contributed by atoms with Crippen LogP contribution in [0.1, 0.15) is 41.3 Å². The molecule has 0 saturated heterocycles. The number of aliphatic hydroxyl groups excluding tert-OH is 1. The van der Waals surface area contributed by atoms with E-state index < -0.39 is 0 Å². The zero-order valence-corrected chi connectivity index (χ0v) is 12.9. The van der Waals surface area contributed by atoms with Crippen molar-refractivity contribution in [2.24, 2.45) is 5.92 Å². The molecule has 0 heterocycles. The van der Waals surface area contributed by atoms with Crippen LogP contribution in [-0.2, 0) is 0 Å². The Morgan fingerprint density at radius 1 is 1.35 bits per heavy atom. The number of nitrogens with zero attached hydrogens (tertiary/aromatic N) is 1. The highest BCUT2D eigenvalue weighted by Gasteiger charge is 2.30. The first-order chi connectivity index (χ1) is 9.38. The van der Waals surface area contributed by atoms with Gasteiger partial charge in [-0.15, -0.1) is 0 Å². The molecule has 110 valence electrons. The number of carbonyl (C=O) groups excluding carboxylic acids is 1. The van der Waals surface area contributed by atoms with E-state index in [4.69, 9.17) is 0 Å². The van der Waals surface area contributed by atoms with Crippen molar-refractivity contribution in [2.45, 2.75) is 45.8 Å². The summed E-state index contributed by atoms with van der Waals surface area (Å²) in [6.07, 6.45) is 1.61. The Balaban J connectivity index is 1.98. The van der Waals surface area contributed by atoms with Crippen LogP contribution in [0.2, 0.25) is 0 Å². The molecule has 1 aliphatic rings. The third-order valence-corrected chi connectivity index (χ3v) is 4.59. The lowest BCUT2D eigenvalue weighted by Crippen LogP contribution is -2.43. The molecule has 2 rings (SSSR count). The number of hydrogen-bond donors (Lipinski definition) is 1. The van der Waals surface area contributed by atoms with E-state index in [0.29, 0.717) is 5.92 Å². The van der Waals surface area contributed by atoms with E-state index >= 15 is 0 Å². The second-order valence-electron chi connectivity index (χ2n) is 6.27. The molecule has 3 heteroatoms. The number of hydrogen-bond acceptors (Lipinski definition) is 3. The van der Waals surface area contributed by atoms with Crippen LogP contribution in [0.25, 0.3) is 0 Å². The first-order valence-corrected chi connectivity index (χ1v) is 7.38. The van der Waals surface area contributed by atoms with Gasteiger partial charge in [0.05, 0.1) is 12.1 Å². The summed E-state index contributed by atoms with van der Waals surface area (Å²) < 4.78 is 0. The Morgan fingerprint density at radius 2 is 2.00 bits per heavy atom. The number of aliphatic hydroxyl groups is 1. The molecule has 0 bridgehead atoms. The Bertz CT molecular complexity index is 492. The fourth-order valence-electron chi connectivity index (χ4n) is 2.75. The molecule has 3 nitrogen and oxygen atoms in total. The van der Waals surface area contributed by atoms with E-state index in [2.05, 4.69) is 11.8 Å². The summed E-state index contributed by atoms with van der Waals surface area (Å²) in [4.78, 5) is 14.6. The molecule has 0 radical (unpaired) electrons. The summed E-state index contributed by atoms with van der Waals surface area (Å²) in [7, 11) is 1.99. The molecule has 20 heavy (non-hydrogen) atoms. The van der Waals surface area contributed by atoms with Crippen LogP contribution >= 0.6 is 0 Å². The fourth-order valence-corrected chi connectivity index (χ4v) is 2.75. The first kappa shape index (κ1) is 15.2. The maximum atomic E-state index is 12.5.